The zero-order valence-electron chi connectivity index (χ0n) is 13.6. The summed E-state index contributed by atoms with van der Waals surface area (Å²) >= 11 is 1.43. The van der Waals surface area contributed by atoms with Gasteiger partial charge in [0.05, 0.1) is 7.11 Å². The van der Waals surface area contributed by atoms with Crippen LogP contribution in [0.15, 0.2) is 58.6 Å². The first kappa shape index (κ1) is 17.0. The Morgan fingerprint density at radius 2 is 1.96 bits per heavy atom. The minimum absolute atomic E-state index is 0.377. The Balaban J connectivity index is 1.82. The number of carbonyl (C=O) groups is 1. The molecule has 0 atom stereocenters. The molecule has 25 heavy (non-hydrogen) atoms. The number of nitrogens with one attached hydrogen (secondary N) is 1. The van der Waals surface area contributed by atoms with Gasteiger partial charge in [0.2, 0.25) is 0 Å². The van der Waals surface area contributed by atoms with Crippen molar-refractivity contribution in [2.75, 3.05) is 7.11 Å². The van der Waals surface area contributed by atoms with E-state index in [2.05, 4.69) is 10.2 Å². The van der Waals surface area contributed by atoms with Crippen molar-refractivity contribution < 1.29 is 14.7 Å². The van der Waals surface area contributed by atoms with E-state index < -0.39 is 5.91 Å². The predicted molar refractivity (Wildman–Crippen MR) is 92.8 cm³/mol. The number of rotatable bonds is 5. The minimum Gasteiger partial charge on any atom is -0.497 e. The summed E-state index contributed by atoms with van der Waals surface area (Å²) in [4.78, 5) is 12.2. The lowest BCUT2D eigenvalue weighted by Gasteiger charge is -2.06. The summed E-state index contributed by atoms with van der Waals surface area (Å²) in [6, 6.07) is 14.5. The first-order valence-electron chi connectivity index (χ1n) is 7.38. The Labute approximate surface area is 148 Å². The van der Waals surface area contributed by atoms with E-state index in [0.717, 1.165) is 27.2 Å². The average molecular weight is 356 g/mol. The maximum Gasteiger partial charge on any atom is 0.274 e. The highest BCUT2D eigenvalue weighted by molar-refractivity contribution is 7.99. The monoisotopic (exact) mass is 356 g/mol. The molecule has 0 fully saturated rings. The summed E-state index contributed by atoms with van der Waals surface area (Å²) in [5.74, 6) is 0.945. The Morgan fingerprint density at radius 1 is 1.20 bits per heavy atom. The number of amides is 1. The molecule has 3 aromatic rings. The van der Waals surface area contributed by atoms with Crippen LogP contribution in [-0.4, -0.2) is 33.0 Å². The zero-order chi connectivity index (χ0) is 17.8. The molecule has 2 N–H and O–H groups in total. The third-order valence-corrected chi connectivity index (χ3v) is 4.64. The number of ether oxygens (including phenoxy) is 1. The smallest absolute Gasteiger partial charge is 0.274 e. The highest BCUT2D eigenvalue weighted by Gasteiger charge is 2.13. The number of methoxy groups -OCH3 is 1. The number of nitrogens with zero attached hydrogens (tertiary/aromatic N) is 3. The first-order chi connectivity index (χ1) is 12.1. The SMILES string of the molecule is COc1cccc(-c2nnc(Sc3ccc(C(=O)NO)cc3)n2C)c1. The van der Waals surface area contributed by atoms with Crippen LogP contribution in [0.25, 0.3) is 11.4 Å². The van der Waals surface area contributed by atoms with Crippen molar-refractivity contribution in [3.63, 3.8) is 0 Å². The van der Waals surface area contributed by atoms with Crippen molar-refractivity contribution in [2.45, 2.75) is 10.1 Å². The highest BCUT2D eigenvalue weighted by atomic mass is 32.2. The molecule has 0 saturated heterocycles. The normalized spacial score (nSPS) is 10.5. The molecule has 128 valence electrons. The van der Waals surface area contributed by atoms with E-state index in [4.69, 9.17) is 9.94 Å². The molecule has 0 unspecified atom stereocenters. The second-order valence-corrected chi connectivity index (χ2v) is 6.21. The minimum atomic E-state index is -0.546. The van der Waals surface area contributed by atoms with Crippen molar-refractivity contribution in [3.05, 3.63) is 54.1 Å². The summed E-state index contributed by atoms with van der Waals surface area (Å²) in [5, 5.41) is 17.9. The number of carbonyl (C=O) groups excluding carboxylic acids is 1. The standard InChI is InChI=1S/C17H16N4O3S/c1-21-15(12-4-3-5-13(10-12)24-2)18-19-17(21)25-14-8-6-11(7-9-14)16(22)20-23/h3-10,23H,1-2H3,(H,20,22). The molecule has 1 amide bonds. The van der Waals surface area contributed by atoms with E-state index in [1.165, 1.54) is 11.8 Å². The van der Waals surface area contributed by atoms with E-state index >= 15 is 0 Å². The molecule has 0 aliphatic heterocycles. The number of benzene rings is 2. The molecule has 1 aromatic heterocycles. The Morgan fingerprint density at radius 3 is 2.64 bits per heavy atom. The van der Waals surface area contributed by atoms with Crippen LogP contribution in [0.2, 0.25) is 0 Å². The van der Waals surface area contributed by atoms with Gasteiger partial charge in [-0.3, -0.25) is 10.0 Å². The lowest BCUT2D eigenvalue weighted by Crippen LogP contribution is -2.18. The number of hydroxylamine groups is 1. The molecular weight excluding hydrogens is 340 g/mol. The van der Waals surface area contributed by atoms with Crippen LogP contribution in [0, 0.1) is 0 Å². The summed E-state index contributed by atoms with van der Waals surface area (Å²) in [6.07, 6.45) is 0. The number of aromatic nitrogens is 3. The van der Waals surface area contributed by atoms with Crippen LogP contribution in [-0.2, 0) is 7.05 Å². The molecule has 0 spiro atoms. The van der Waals surface area contributed by atoms with E-state index in [1.54, 1.807) is 36.9 Å². The van der Waals surface area contributed by atoms with Crippen molar-refractivity contribution in [2.24, 2.45) is 7.05 Å². The number of hydrogen-bond donors (Lipinski definition) is 2. The van der Waals surface area contributed by atoms with Crippen molar-refractivity contribution >= 4 is 17.7 Å². The van der Waals surface area contributed by atoms with Crippen LogP contribution >= 0.6 is 11.8 Å². The molecule has 0 saturated carbocycles. The maximum atomic E-state index is 11.3. The summed E-state index contributed by atoms with van der Waals surface area (Å²) < 4.78 is 7.14. The van der Waals surface area contributed by atoms with Crippen molar-refractivity contribution in [1.29, 1.82) is 0 Å². The Kier molecular flexibility index (Phi) is 5.01. The van der Waals surface area contributed by atoms with Gasteiger partial charge in [-0.25, -0.2) is 5.48 Å². The molecule has 1 heterocycles. The maximum absolute atomic E-state index is 11.3. The van der Waals surface area contributed by atoms with Gasteiger partial charge in [-0.1, -0.05) is 12.1 Å². The molecule has 0 aliphatic carbocycles. The average Bonchev–Trinajstić information content (AvgIpc) is 3.02. The Hall–Kier alpha value is -2.84. The fraction of sp³-hybridized carbons (Fsp3) is 0.118. The predicted octanol–water partition coefficient (Wildman–Crippen LogP) is 2.76. The van der Waals surface area contributed by atoms with Crippen molar-refractivity contribution in [3.8, 4) is 17.1 Å². The van der Waals surface area contributed by atoms with Gasteiger partial charge in [0.25, 0.3) is 5.91 Å². The topological polar surface area (TPSA) is 89.3 Å². The fourth-order valence-electron chi connectivity index (χ4n) is 2.26. The van der Waals surface area contributed by atoms with Crippen LogP contribution in [0.4, 0.5) is 0 Å². The van der Waals surface area contributed by atoms with E-state index in [9.17, 15) is 4.79 Å². The Bertz CT molecular complexity index is 893. The third-order valence-electron chi connectivity index (χ3n) is 3.59. The van der Waals surface area contributed by atoms with Crippen LogP contribution < -0.4 is 10.2 Å². The second kappa shape index (κ2) is 7.37. The number of hydrogen-bond acceptors (Lipinski definition) is 6. The molecule has 0 aliphatic rings. The first-order valence-corrected chi connectivity index (χ1v) is 8.20. The lowest BCUT2D eigenvalue weighted by molar-refractivity contribution is 0.0706. The van der Waals surface area contributed by atoms with Gasteiger partial charge in [-0.15, -0.1) is 10.2 Å². The van der Waals surface area contributed by atoms with Crippen LogP contribution in [0.3, 0.4) is 0 Å². The lowest BCUT2D eigenvalue weighted by atomic mass is 10.2. The van der Waals surface area contributed by atoms with E-state index in [0.29, 0.717) is 5.56 Å². The summed E-state index contributed by atoms with van der Waals surface area (Å²) in [7, 11) is 3.52. The second-order valence-electron chi connectivity index (χ2n) is 5.16. The van der Waals surface area contributed by atoms with Crippen molar-refractivity contribution in [1.82, 2.24) is 20.2 Å². The van der Waals surface area contributed by atoms with Gasteiger partial charge in [0.1, 0.15) is 5.75 Å². The third kappa shape index (κ3) is 3.65. The van der Waals surface area contributed by atoms with Crippen LogP contribution in [0.5, 0.6) is 5.75 Å². The molecular formula is C17H16N4O3S. The van der Waals surface area contributed by atoms with Gasteiger partial charge < -0.3 is 9.30 Å². The largest absolute Gasteiger partial charge is 0.497 e. The van der Waals surface area contributed by atoms with Gasteiger partial charge >= 0.3 is 0 Å². The molecule has 8 heteroatoms. The van der Waals surface area contributed by atoms with E-state index in [1.807, 2.05) is 35.9 Å². The van der Waals surface area contributed by atoms with Gasteiger partial charge in [-0.05, 0) is 48.2 Å². The van der Waals surface area contributed by atoms with Gasteiger partial charge in [0.15, 0.2) is 11.0 Å². The summed E-state index contributed by atoms with van der Waals surface area (Å²) in [6.45, 7) is 0. The van der Waals surface area contributed by atoms with E-state index in [-0.39, 0.29) is 0 Å². The molecule has 3 rings (SSSR count). The van der Waals surface area contributed by atoms with Gasteiger partial charge in [-0.2, -0.15) is 0 Å². The van der Waals surface area contributed by atoms with Crippen LogP contribution in [0.1, 0.15) is 10.4 Å². The summed E-state index contributed by atoms with van der Waals surface area (Å²) in [5.41, 5.74) is 2.90. The zero-order valence-corrected chi connectivity index (χ0v) is 14.4. The molecule has 0 bridgehead atoms. The fourth-order valence-corrected chi connectivity index (χ4v) is 3.05. The molecule has 7 nitrogen and oxygen atoms in total. The quantitative estimate of drug-likeness (QED) is 0.540. The molecule has 2 aromatic carbocycles. The highest BCUT2D eigenvalue weighted by Crippen LogP contribution is 2.29. The van der Waals surface area contributed by atoms with Gasteiger partial charge in [0, 0.05) is 23.1 Å². The molecule has 0 radical (unpaired) electrons.